The van der Waals surface area contributed by atoms with Gasteiger partial charge in [-0.25, -0.2) is 9.37 Å². The van der Waals surface area contributed by atoms with Crippen LogP contribution >= 0.6 is 0 Å². The molecule has 0 atom stereocenters. The lowest BCUT2D eigenvalue weighted by atomic mass is 10.0. The molecule has 3 aromatic rings. The second kappa shape index (κ2) is 6.72. The van der Waals surface area contributed by atoms with Crippen LogP contribution in [0.2, 0.25) is 0 Å². The van der Waals surface area contributed by atoms with E-state index in [1.807, 2.05) is 0 Å². The molecule has 0 unspecified atom stereocenters. The van der Waals surface area contributed by atoms with Crippen molar-refractivity contribution in [1.82, 2.24) is 9.97 Å². The summed E-state index contributed by atoms with van der Waals surface area (Å²) in [6.07, 6.45) is 1.51. The molecule has 0 fully saturated rings. The molecule has 0 aliphatic carbocycles. The first-order valence-electron chi connectivity index (χ1n) is 7.41. The van der Waals surface area contributed by atoms with Crippen molar-refractivity contribution in [1.29, 1.82) is 0 Å². The van der Waals surface area contributed by atoms with Gasteiger partial charge in [0.15, 0.2) is 23.1 Å². The van der Waals surface area contributed by atoms with Crippen LogP contribution in [0.1, 0.15) is 0 Å². The molecule has 2 N–H and O–H groups in total. The number of hydrogen-bond acceptors (Lipinski definition) is 5. The fraction of sp³-hybridized carbons (Fsp3) is 0.167. The highest BCUT2D eigenvalue weighted by atomic mass is 19.1. The molecule has 0 aliphatic rings. The predicted molar refractivity (Wildman–Crippen MR) is 90.7 cm³/mol. The van der Waals surface area contributed by atoms with Gasteiger partial charge >= 0.3 is 0 Å². The Kier molecular flexibility index (Phi) is 4.47. The van der Waals surface area contributed by atoms with E-state index in [1.54, 1.807) is 24.3 Å². The number of aromatic hydroxyl groups is 1. The van der Waals surface area contributed by atoms with Gasteiger partial charge in [0.25, 0.3) is 0 Å². The van der Waals surface area contributed by atoms with Crippen molar-refractivity contribution in [2.45, 2.75) is 0 Å². The van der Waals surface area contributed by atoms with Crippen molar-refractivity contribution >= 4 is 0 Å². The number of nitrogens with one attached hydrogen (secondary N) is 1. The fourth-order valence-electron chi connectivity index (χ4n) is 2.59. The minimum absolute atomic E-state index is 0.0960. The van der Waals surface area contributed by atoms with Crippen molar-refractivity contribution in [3.05, 3.63) is 42.5 Å². The van der Waals surface area contributed by atoms with E-state index < -0.39 is 5.82 Å². The summed E-state index contributed by atoms with van der Waals surface area (Å²) in [5, 5.41) is 10.0. The van der Waals surface area contributed by atoms with Gasteiger partial charge in [0, 0.05) is 11.1 Å². The van der Waals surface area contributed by atoms with Gasteiger partial charge in [0.05, 0.1) is 39.0 Å². The number of rotatable bonds is 5. The summed E-state index contributed by atoms with van der Waals surface area (Å²) in [4.78, 5) is 7.33. The molecule has 0 radical (unpaired) electrons. The molecule has 0 saturated carbocycles. The van der Waals surface area contributed by atoms with Crippen LogP contribution in [0.5, 0.6) is 23.0 Å². The number of nitrogens with zero attached hydrogens (tertiary/aromatic N) is 1. The Bertz CT molecular complexity index is 883. The zero-order valence-corrected chi connectivity index (χ0v) is 14.0. The molecule has 0 aliphatic heterocycles. The predicted octanol–water partition coefficient (Wildman–Crippen LogP) is 3.61. The first-order chi connectivity index (χ1) is 12.1. The highest BCUT2D eigenvalue weighted by Crippen LogP contribution is 2.41. The highest BCUT2D eigenvalue weighted by Gasteiger charge is 2.17. The van der Waals surface area contributed by atoms with E-state index in [0.717, 1.165) is 0 Å². The van der Waals surface area contributed by atoms with Crippen LogP contribution in [0.15, 0.2) is 36.7 Å². The van der Waals surface area contributed by atoms with Gasteiger partial charge in [-0.05, 0) is 30.3 Å². The number of phenols is 1. The van der Waals surface area contributed by atoms with Crippen LogP contribution in [0.4, 0.5) is 4.39 Å². The van der Waals surface area contributed by atoms with Crippen molar-refractivity contribution in [3.63, 3.8) is 0 Å². The Morgan fingerprint density at radius 1 is 0.920 bits per heavy atom. The molecule has 0 bridgehead atoms. The smallest absolute Gasteiger partial charge is 0.200 e. The molecule has 2 aromatic carbocycles. The molecule has 0 spiro atoms. The fourth-order valence-corrected chi connectivity index (χ4v) is 2.59. The number of benzene rings is 2. The maximum Gasteiger partial charge on any atom is 0.200 e. The molecule has 0 saturated heterocycles. The summed E-state index contributed by atoms with van der Waals surface area (Å²) in [7, 11) is 4.31. The number of H-pyrrole nitrogens is 1. The molecule has 3 rings (SSSR count). The van der Waals surface area contributed by atoms with Gasteiger partial charge in [-0.15, -0.1) is 0 Å². The van der Waals surface area contributed by atoms with Crippen molar-refractivity contribution < 1.29 is 23.7 Å². The molecule has 7 heteroatoms. The Balaban J connectivity index is 2.13. The monoisotopic (exact) mass is 344 g/mol. The normalized spacial score (nSPS) is 10.6. The largest absolute Gasteiger partial charge is 0.502 e. The number of aromatic amines is 1. The van der Waals surface area contributed by atoms with Gasteiger partial charge in [0.2, 0.25) is 5.75 Å². The van der Waals surface area contributed by atoms with Crippen LogP contribution in [0, 0.1) is 5.82 Å². The lowest BCUT2D eigenvalue weighted by molar-refractivity contribution is 0.340. The number of halogens is 1. The molecule has 1 heterocycles. The first-order valence-corrected chi connectivity index (χ1v) is 7.41. The number of phenolic OH excluding ortho intramolecular Hbond substituents is 1. The van der Waals surface area contributed by atoms with E-state index in [0.29, 0.717) is 22.5 Å². The van der Waals surface area contributed by atoms with Gasteiger partial charge in [-0.3, -0.25) is 0 Å². The van der Waals surface area contributed by atoms with E-state index >= 15 is 0 Å². The lowest BCUT2D eigenvalue weighted by Crippen LogP contribution is -1.92. The summed E-state index contributed by atoms with van der Waals surface area (Å²) in [5.41, 5.74) is 2.45. The Morgan fingerprint density at radius 3 is 2.12 bits per heavy atom. The summed E-state index contributed by atoms with van der Waals surface area (Å²) in [6.45, 7) is 0. The minimum atomic E-state index is -0.471. The SMILES string of the molecule is COc1ccc(-c2[nH]cnc2-c2cc(OC)c(O)c(OC)c2)cc1F. The topological polar surface area (TPSA) is 76.6 Å². The molecular formula is C18H17FN2O4. The second-order valence-corrected chi connectivity index (χ2v) is 5.20. The second-order valence-electron chi connectivity index (χ2n) is 5.20. The zero-order chi connectivity index (χ0) is 18.0. The lowest BCUT2D eigenvalue weighted by Gasteiger charge is -2.11. The summed E-state index contributed by atoms with van der Waals surface area (Å²) in [5.74, 6) is 0.106. The Morgan fingerprint density at radius 2 is 1.56 bits per heavy atom. The molecular weight excluding hydrogens is 327 g/mol. The molecule has 1 aromatic heterocycles. The van der Waals surface area contributed by atoms with Crippen molar-refractivity contribution in [2.24, 2.45) is 0 Å². The average molecular weight is 344 g/mol. The maximum absolute atomic E-state index is 14.0. The zero-order valence-electron chi connectivity index (χ0n) is 14.0. The molecule has 130 valence electrons. The van der Waals surface area contributed by atoms with Crippen molar-refractivity contribution in [3.8, 4) is 45.5 Å². The van der Waals surface area contributed by atoms with E-state index in [2.05, 4.69) is 9.97 Å². The molecule has 6 nitrogen and oxygen atoms in total. The van der Waals surface area contributed by atoms with E-state index in [-0.39, 0.29) is 23.0 Å². The average Bonchev–Trinajstić information content (AvgIpc) is 3.11. The summed E-state index contributed by atoms with van der Waals surface area (Å²) < 4.78 is 29.3. The number of hydrogen-bond donors (Lipinski definition) is 2. The highest BCUT2D eigenvalue weighted by molar-refractivity contribution is 5.80. The summed E-state index contributed by atoms with van der Waals surface area (Å²) in [6, 6.07) is 7.92. The van der Waals surface area contributed by atoms with Gasteiger partial charge < -0.3 is 24.3 Å². The van der Waals surface area contributed by atoms with E-state index in [4.69, 9.17) is 14.2 Å². The van der Waals surface area contributed by atoms with Gasteiger partial charge in [-0.2, -0.15) is 0 Å². The van der Waals surface area contributed by atoms with Crippen LogP contribution in [-0.2, 0) is 0 Å². The molecule has 25 heavy (non-hydrogen) atoms. The van der Waals surface area contributed by atoms with Crippen LogP contribution in [0.25, 0.3) is 22.5 Å². The number of methoxy groups -OCH3 is 3. The quantitative estimate of drug-likeness (QED) is 0.739. The van der Waals surface area contributed by atoms with Gasteiger partial charge in [0.1, 0.15) is 0 Å². The number of imidazole rings is 1. The van der Waals surface area contributed by atoms with Gasteiger partial charge in [-0.1, -0.05) is 0 Å². The number of ether oxygens (including phenoxy) is 3. The van der Waals surface area contributed by atoms with Crippen LogP contribution in [0.3, 0.4) is 0 Å². The first kappa shape index (κ1) is 16.6. The standard InChI is InChI=1S/C18H17FN2O4/c1-23-13-5-4-10(6-12(13)19)16-17(21-9-20-16)11-7-14(24-2)18(22)15(8-11)25-3/h4-9,22H,1-3H3,(H,20,21). The number of aromatic nitrogens is 2. The third-order valence-electron chi connectivity index (χ3n) is 3.83. The van der Waals surface area contributed by atoms with Crippen LogP contribution in [-0.4, -0.2) is 36.4 Å². The maximum atomic E-state index is 14.0. The third-order valence-corrected chi connectivity index (χ3v) is 3.83. The van der Waals surface area contributed by atoms with E-state index in [1.165, 1.54) is 33.7 Å². The Labute approximate surface area is 143 Å². The van der Waals surface area contributed by atoms with Crippen LogP contribution < -0.4 is 14.2 Å². The minimum Gasteiger partial charge on any atom is -0.502 e. The summed E-state index contributed by atoms with van der Waals surface area (Å²) >= 11 is 0. The van der Waals surface area contributed by atoms with E-state index in [9.17, 15) is 9.50 Å². The third kappa shape index (κ3) is 2.96. The van der Waals surface area contributed by atoms with Crippen molar-refractivity contribution in [2.75, 3.05) is 21.3 Å². The Hall–Kier alpha value is -3.22. The molecule has 0 amide bonds.